The molecule has 0 aromatic carbocycles. The summed E-state index contributed by atoms with van der Waals surface area (Å²) in [6.45, 7) is 4.08. The average Bonchev–Trinajstić information content (AvgIpc) is 2.53. The van der Waals surface area contributed by atoms with E-state index >= 15 is 0 Å². The molecule has 0 bridgehead atoms. The maximum absolute atomic E-state index is 12.4. The van der Waals surface area contributed by atoms with Crippen molar-refractivity contribution in [2.24, 2.45) is 5.73 Å². The van der Waals surface area contributed by atoms with E-state index < -0.39 is 0 Å². The van der Waals surface area contributed by atoms with Gasteiger partial charge in [0.25, 0.3) is 0 Å². The van der Waals surface area contributed by atoms with Crippen molar-refractivity contribution in [2.45, 2.75) is 32.0 Å². The van der Waals surface area contributed by atoms with Crippen LogP contribution < -0.4 is 5.73 Å². The number of nitrogens with zero attached hydrogens (tertiary/aromatic N) is 3. The van der Waals surface area contributed by atoms with Crippen LogP contribution in [0.25, 0.3) is 0 Å². The molecule has 0 saturated carbocycles. The molecule has 19 heavy (non-hydrogen) atoms. The minimum absolute atomic E-state index is 0.126. The molecule has 104 valence electrons. The van der Waals surface area contributed by atoms with Crippen LogP contribution in [0, 0.1) is 0 Å². The number of carbonyl (C=O) groups is 1. The Labute approximate surface area is 114 Å². The smallest absolute Gasteiger partial charge is 0.241 e. The van der Waals surface area contributed by atoms with E-state index in [1.807, 2.05) is 24.1 Å². The summed E-state index contributed by atoms with van der Waals surface area (Å²) < 4.78 is 0. The minimum Gasteiger partial charge on any atom is -0.342 e. The SMILES string of the molecule is CC1CCN(Cc2ccncc2)C(CN)C(=O)N1C. The Balaban J connectivity index is 2.16. The number of hydrogen-bond donors (Lipinski definition) is 1. The first kappa shape index (κ1) is 14.0. The molecule has 2 unspecified atom stereocenters. The monoisotopic (exact) mass is 262 g/mol. The Morgan fingerprint density at radius 3 is 2.74 bits per heavy atom. The van der Waals surface area contributed by atoms with Gasteiger partial charge in [-0.1, -0.05) is 0 Å². The third-order valence-electron chi connectivity index (χ3n) is 3.93. The molecule has 1 aromatic heterocycles. The highest BCUT2D eigenvalue weighted by Crippen LogP contribution is 2.17. The van der Waals surface area contributed by atoms with Gasteiger partial charge in [0, 0.05) is 45.1 Å². The second-order valence-electron chi connectivity index (χ2n) is 5.16. The molecule has 1 aliphatic heterocycles. The van der Waals surface area contributed by atoms with Crippen molar-refractivity contribution < 1.29 is 4.79 Å². The van der Waals surface area contributed by atoms with Crippen LogP contribution in [-0.2, 0) is 11.3 Å². The van der Waals surface area contributed by atoms with Crippen molar-refractivity contribution in [1.82, 2.24) is 14.8 Å². The third-order valence-corrected chi connectivity index (χ3v) is 3.93. The fourth-order valence-corrected chi connectivity index (χ4v) is 2.47. The Morgan fingerprint density at radius 2 is 2.11 bits per heavy atom. The molecule has 0 spiro atoms. The van der Waals surface area contributed by atoms with Crippen LogP contribution in [-0.4, -0.2) is 52.9 Å². The molecular weight excluding hydrogens is 240 g/mol. The van der Waals surface area contributed by atoms with Gasteiger partial charge >= 0.3 is 0 Å². The van der Waals surface area contributed by atoms with Crippen LogP contribution in [0.3, 0.4) is 0 Å². The van der Waals surface area contributed by atoms with E-state index in [2.05, 4.69) is 16.8 Å². The summed E-state index contributed by atoms with van der Waals surface area (Å²) in [5, 5.41) is 0. The number of nitrogens with two attached hydrogens (primary N) is 1. The van der Waals surface area contributed by atoms with Crippen molar-refractivity contribution in [3.8, 4) is 0 Å². The number of rotatable bonds is 3. The van der Waals surface area contributed by atoms with Gasteiger partial charge in [0.1, 0.15) is 6.04 Å². The summed E-state index contributed by atoms with van der Waals surface area (Å²) in [5.41, 5.74) is 6.98. The van der Waals surface area contributed by atoms with Crippen molar-refractivity contribution in [2.75, 3.05) is 20.1 Å². The number of hydrogen-bond acceptors (Lipinski definition) is 4. The lowest BCUT2D eigenvalue weighted by atomic mass is 10.2. The molecule has 2 heterocycles. The molecule has 2 N–H and O–H groups in total. The van der Waals surface area contributed by atoms with Gasteiger partial charge in [-0.25, -0.2) is 0 Å². The summed E-state index contributed by atoms with van der Waals surface area (Å²) in [5.74, 6) is 0.126. The van der Waals surface area contributed by atoms with E-state index in [4.69, 9.17) is 5.73 Å². The predicted molar refractivity (Wildman–Crippen MR) is 74.3 cm³/mol. The lowest BCUT2D eigenvalue weighted by Gasteiger charge is -2.29. The fourth-order valence-electron chi connectivity index (χ4n) is 2.47. The third kappa shape index (κ3) is 3.11. The van der Waals surface area contributed by atoms with E-state index in [-0.39, 0.29) is 18.0 Å². The molecule has 5 heteroatoms. The molecule has 1 saturated heterocycles. The first-order chi connectivity index (χ1) is 9.13. The molecule has 5 nitrogen and oxygen atoms in total. The highest BCUT2D eigenvalue weighted by molar-refractivity contribution is 5.82. The van der Waals surface area contributed by atoms with Crippen LogP contribution in [0.4, 0.5) is 0 Å². The Kier molecular flexibility index (Phi) is 4.50. The van der Waals surface area contributed by atoms with Crippen LogP contribution in [0.2, 0.25) is 0 Å². The van der Waals surface area contributed by atoms with Crippen LogP contribution in [0.1, 0.15) is 18.9 Å². The van der Waals surface area contributed by atoms with Gasteiger partial charge in [0.15, 0.2) is 0 Å². The zero-order valence-electron chi connectivity index (χ0n) is 11.6. The number of aromatic nitrogens is 1. The maximum atomic E-state index is 12.4. The van der Waals surface area contributed by atoms with Crippen molar-refractivity contribution in [1.29, 1.82) is 0 Å². The van der Waals surface area contributed by atoms with Crippen molar-refractivity contribution in [3.05, 3.63) is 30.1 Å². The van der Waals surface area contributed by atoms with Gasteiger partial charge in [0.05, 0.1) is 0 Å². The molecular formula is C14H22N4O. The predicted octanol–water partition coefficient (Wildman–Crippen LogP) is 0.462. The Bertz CT molecular complexity index is 423. The lowest BCUT2D eigenvalue weighted by Crippen LogP contribution is -2.49. The van der Waals surface area contributed by atoms with Gasteiger partial charge < -0.3 is 10.6 Å². The summed E-state index contributed by atoms with van der Waals surface area (Å²) >= 11 is 0. The van der Waals surface area contributed by atoms with Crippen LogP contribution in [0.5, 0.6) is 0 Å². The molecule has 1 fully saturated rings. The largest absolute Gasteiger partial charge is 0.342 e. The van der Waals surface area contributed by atoms with Crippen LogP contribution >= 0.6 is 0 Å². The average molecular weight is 262 g/mol. The Hall–Kier alpha value is -1.46. The fraction of sp³-hybridized carbons (Fsp3) is 0.571. The molecule has 0 radical (unpaired) electrons. The first-order valence-electron chi connectivity index (χ1n) is 6.73. The topological polar surface area (TPSA) is 62.5 Å². The van der Waals surface area contributed by atoms with E-state index in [9.17, 15) is 4.79 Å². The van der Waals surface area contributed by atoms with E-state index in [1.54, 1.807) is 12.4 Å². The van der Waals surface area contributed by atoms with E-state index in [1.165, 1.54) is 5.56 Å². The molecule has 1 aromatic rings. The molecule has 1 amide bonds. The molecule has 2 atom stereocenters. The Morgan fingerprint density at radius 1 is 1.42 bits per heavy atom. The molecule has 1 aliphatic rings. The number of carbonyl (C=O) groups excluding carboxylic acids is 1. The van der Waals surface area contributed by atoms with E-state index in [0.29, 0.717) is 6.54 Å². The van der Waals surface area contributed by atoms with E-state index in [0.717, 1.165) is 19.5 Å². The van der Waals surface area contributed by atoms with Crippen LogP contribution in [0.15, 0.2) is 24.5 Å². The second-order valence-corrected chi connectivity index (χ2v) is 5.16. The van der Waals surface area contributed by atoms with Gasteiger partial charge in [-0.15, -0.1) is 0 Å². The van der Waals surface area contributed by atoms with Gasteiger partial charge in [-0.05, 0) is 31.0 Å². The minimum atomic E-state index is -0.219. The van der Waals surface area contributed by atoms with Gasteiger partial charge in [-0.2, -0.15) is 0 Å². The maximum Gasteiger partial charge on any atom is 0.241 e. The lowest BCUT2D eigenvalue weighted by molar-refractivity contribution is -0.135. The second kappa shape index (κ2) is 6.12. The van der Waals surface area contributed by atoms with Crippen molar-refractivity contribution >= 4 is 5.91 Å². The zero-order valence-corrected chi connectivity index (χ0v) is 11.6. The summed E-state index contributed by atoms with van der Waals surface area (Å²) in [7, 11) is 1.87. The molecule has 0 aliphatic carbocycles. The number of pyridine rings is 1. The summed E-state index contributed by atoms with van der Waals surface area (Å²) in [4.78, 5) is 20.4. The standard InChI is InChI=1S/C14H22N4O/c1-11-5-8-18(10-12-3-6-16-7-4-12)13(9-15)14(19)17(11)2/h3-4,6-7,11,13H,5,8-10,15H2,1-2H3. The zero-order chi connectivity index (χ0) is 13.8. The summed E-state index contributed by atoms with van der Waals surface area (Å²) in [6, 6.07) is 4.01. The summed E-state index contributed by atoms with van der Waals surface area (Å²) in [6.07, 6.45) is 4.53. The number of likely N-dealkylation sites (N-methyl/N-ethyl adjacent to an activating group) is 1. The number of amides is 1. The molecule has 2 rings (SSSR count). The highest BCUT2D eigenvalue weighted by atomic mass is 16.2. The van der Waals surface area contributed by atoms with Gasteiger partial charge in [0.2, 0.25) is 5.91 Å². The normalized spacial score (nSPS) is 25.4. The van der Waals surface area contributed by atoms with Gasteiger partial charge in [-0.3, -0.25) is 14.7 Å². The quantitative estimate of drug-likeness (QED) is 0.859. The highest BCUT2D eigenvalue weighted by Gasteiger charge is 2.32. The van der Waals surface area contributed by atoms with Crippen molar-refractivity contribution in [3.63, 3.8) is 0 Å². The first-order valence-corrected chi connectivity index (χ1v) is 6.73.